The smallest absolute Gasteiger partial charge is 0.103 e. The summed E-state index contributed by atoms with van der Waals surface area (Å²) in [6.45, 7) is 6.22. The van der Waals surface area contributed by atoms with Crippen LogP contribution in [0.3, 0.4) is 0 Å². The van der Waals surface area contributed by atoms with E-state index in [4.69, 9.17) is 4.74 Å². The molecule has 2 heteroatoms. The summed E-state index contributed by atoms with van der Waals surface area (Å²) >= 11 is 0. The molecule has 0 radical (unpaired) electrons. The molecule has 0 bridgehead atoms. The lowest BCUT2D eigenvalue weighted by atomic mass is 9.86. The molecule has 1 aliphatic heterocycles. The highest BCUT2D eigenvalue weighted by atomic mass is 16.5. The second kappa shape index (κ2) is 4.67. The lowest BCUT2D eigenvalue weighted by Crippen LogP contribution is -2.49. The van der Waals surface area contributed by atoms with Crippen molar-refractivity contribution in [1.29, 1.82) is 0 Å². The van der Waals surface area contributed by atoms with E-state index in [2.05, 4.69) is 37.4 Å². The van der Waals surface area contributed by atoms with E-state index in [-0.39, 0.29) is 5.60 Å². The fraction of sp³-hybridized carbons (Fsp3) is 0.625. The summed E-state index contributed by atoms with van der Waals surface area (Å²) in [5.41, 5.74) is 4.26. The van der Waals surface area contributed by atoms with E-state index in [0.717, 1.165) is 13.1 Å². The molecular formula is C16H23NO. The second-order valence-electron chi connectivity index (χ2n) is 5.98. The summed E-state index contributed by atoms with van der Waals surface area (Å²) in [6.07, 6.45) is 5.46. The van der Waals surface area contributed by atoms with E-state index >= 15 is 0 Å². The van der Waals surface area contributed by atoms with Crippen LogP contribution in [0.2, 0.25) is 0 Å². The van der Waals surface area contributed by atoms with Gasteiger partial charge in [-0.15, -0.1) is 0 Å². The highest BCUT2D eigenvalue weighted by Gasteiger charge is 2.33. The summed E-state index contributed by atoms with van der Waals surface area (Å²) < 4.78 is 6.19. The van der Waals surface area contributed by atoms with Gasteiger partial charge in [-0.25, -0.2) is 0 Å². The number of benzene rings is 1. The molecule has 1 saturated heterocycles. The van der Waals surface area contributed by atoms with E-state index in [9.17, 15) is 0 Å². The first-order valence-electron chi connectivity index (χ1n) is 7.18. The quantitative estimate of drug-likeness (QED) is 0.821. The minimum absolute atomic E-state index is 0.163. The Balaban J connectivity index is 1.91. The molecule has 0 saturated carbocycles. The highest BCUT2D eigenvalue weighted by Crippen LogP contribution is 2.32. The number of hydrogen-bond donors (Lipinski definition) is 1. The third-order valence-electron chi connectivity index (χ3n) is 4.31. The molecule has 0 amide bonds. The number of fused-ring (bicyclic) bond motifs is 1. The van der Waals surface area contributed by atoms with Crippen molar-refractivity contribution in [3.63, 3.8) is 0 Å². The van der Waals surface area contributed by atoms with Crippen LogP contribution in [0.4, 0.5) is 0 Å². The van der Waals surface area contributed by atoms with E-state index < -0.39 is 0 Å². The first kappa shape index (κ1) is 12.2. The minimum Gasteiger partial charge on any atom is -0.365 e. The molecule has 98 valence electrons. The molecule has 1 heterocycles. The summed E-state index contributed by atoms with van der Waals surface area (Å²) in [5, 5.41) is 3.48. The number of hydrogen-bond acceptors (Lipinski definition) is 2. The normalized spacial score (nSPS) is 32.0. The third-order valence-corrected chi connectivity index (χ3v) is 4.31. The number of morpholine rings is 1. The Morgan fingerprint density at radius 2 is 2.00 bits per heavy atom. The molecule has 2 unspecified atom stereocenters. The van der Waals surface area contributed by atoms with E-state index in [1.54, 1.807) is 11.1 Å². The zero-order chi connectivity index (χ0) is 12.6. The van der Waals surface area contributed by atoms with Crippen molar-refractivity contribution in [2.45, 2.75) is 51.2 Å². The molecule has 18 heavy (non-hydrogen) atoms. The van der Waals surface area contributed by atoms with Crippen molar-refractivity contribution >= 4 is 0 Å². The summed E-state index contributed by atoms with van der Waals surface area (Å²) in [5.74, 6) is 0. The molecule has 2 atom stereocenters. The number of rotatable bonds is 1. The van der Waals surface area contributed by atoms with Crippen LogP contribution in [-0.2, 0) is 23.2 Å². The van der Waals surface area contributed by atoms with Gasteiger partial charge < -0.3 is 10.1 Å². The monoisotopic (exact) mass is 245 g/mol. The van der Waals surface area contributed by atoms with Gasteiger partial charge in [0.1, 0.15) is 5.60 Å². The Hall–Kier alpha value is -0.860. The number of aryl methyl sites for hydroxylation is 2. The molecule has 0 aromatic heterocycles. The SMILES string of the molecule is CC1CNCC(C)(c2ccc3c(c2)CCCC3)O1. The van der Waals surface area contributed by atoms with Gasteiger partial charge in [0.2, 0.25) is 0 Å². The van der Waals surface area contributed by atoms with Crippen molar-refractivity contribution in [3.8, 4) is 0 Å². The average Bonchev–Trinajstić information content (AvgIpc) is 2.38. The van der Waals surface area contributed by atoms with E-state index in [1.807, 2.05) is 0 Å². The summed E-state index contributed by atoms with van der Waals surface area (Å²) in [6, 6.07) is 6.97. The summed E-state index contributed by atoms with van der Waals surface area (Å²) in [4.78, 5) is 0. The van der Waals surface area contributed by atoms with Gasteiger partial charge in [-0.1, -0.05) is 18.2 Å². The zero-order valence-corrected chi connectivity index (χ0v) is 11.5. The zero-order valence-electron chi connectivity index (χ0n) is 11.5. The Labute approximate surface area is 110 Å². The Bertz CT molecular complexity index is 443. The van der Waals surface area contributed by atoms with Gasteiger partial charge >= 0.3 is 0 Å². The lowest BCUT2D eigenvalue weighted by molar-refractivity contribution is -0.102. The standard InChI is InChI=1S/C16H23NO/c1-12-10-17-11-16(2,18-12)15-8-7-13-5-3-4-6-14(13)9-15/h7-9,12,17H,3-6,10-11H2,1-2H3. The molecule has 2 nitrogen and oxygen atoms in total. The molecule has 1 N–H and O–H groups in total. The minimum atomic E-state index is -0.163. The third kappa shape index (κ3) is 2.19. The predicted molar refractivity (Wildman–Crippen MR) is 73.9 cm³/mol. The largest absolute Gasteiger partial charge is 0.365 e. The van der Waals surface area contributed by atoms with Crippen LogP contribution in [0.15, 0.2) is 18.2 Å². The van der Waals surface area contributed by atoms with Crippen LogP contribution in [0, 0.1) is 0 Å². The van der Waals surface area contributed by atoms with Crippen LogP contribution in [-0.4, -0.2) is 19.2 Å². The Kier molecular flexibility index (Phi) is 3.16. The first-order valence-corrected chi connectivity index (χ1v) is 7.18. The number of nitrogens with one attached hydrogen (secondary N) is 1. The topological polar surface area (TPSA) is 21.3 Å². The van der Waals surface area contributed by atoms with Crippen molar-refractivity contribution in [3.05, 3.63) is 34.9 Å². The fourth-order valence-electron chi connectivity index (χ4n) is 3.27. The predicted octanol–water partition coefficient (Wildman–Crippen LogP) is 2.79. The molecule has 1 aliphatic carbocycles. The van der Waals surface area contributed by atoms with Crippen LogP contribution in [0.1, 0.15) is 43.4 Å². The van der Waals surface area contributed by atoms with Crippen molar-refractivity contribution < 1.29 is 4.74 Å². The molecule has 0 spiro atoms. The van der Waals surface area contributed by atoms with Crippen molar-refractivity contribution in [2.75, 3.05) is 13.1 Å². The molecular weight excluding hydrogens is 222 g/mol. The Morgan fingerprint density at radius 3 is 2.78 bits per heavy atom. The van der Waals surface area contributed by atoms with Crippen LogP contribution >= 0.6 is 0 Å². The van der Waals surface area contributed by atoms with E-state index in [0.29, 0.717) is 6.10 Å². The van der Waals surface area contributed by atoms with Gasteiger partial charge in [-0.05, 0) is 56.2 Å². The maximum absolute atomic E-state index is 6.19. The fourth-order valence-corrected chi connectivity index (χ4v) is 3.27. The van der Waals surface area contributed by atoms with Crippen LogP contribution in [0.25, 0.3) is 0 Å². The van der Waals surface area contributed by atoms with Gasteiger partial charge in [0.15, 0.2) is 0 Å². The maximum atomic E-state index is 6.19. The van der Waals surface area contributed by atoms with Gasteiger partial charge in [0, 0.05) is 13.1 Å². The van der Waals surface area contributed by atoms with Gasteiger partial charge in [-0.2, -0.15) is 0 Å². The van der Waals surface area contributed by atoms with E-state index in [1.165, 1.54) is 31.2 Å². The van der Waals surface area contributed by atoms with Crippen molar-refractivity contribution in [2.24, 2.45) is 0 Å². The molecule has 3 rings (SSSR count). The molecule has 1 aromatic rings. The lowest BCUT2D eigenvalue weighted by Gasteiger charge is -2.39. The molecule has 2 aliphatic rings. The second-order valence-corrected chi connectivity index (χ2v) is 5.98. The van der Waals surface area contributed by atoms with Crippen molar-refractivity contribution in [1.82, 2.24) is 5.32 Å². The number of ether oxygens (including phenoxy) is 1. The van der Waals surface area contributed by atoms with Gasteiger partial charge in [-0.3, -0.25) is 0 Å². The molecule has 1 fully saturated rings. The summed E-state index contributed by atoms with van der Waals surface area (Å²) in [7, 11) is 0. The Morgan fingerprint density at radius 1 is 1.22 bits per heavy atom. The van der Waals surface area contributed by atoms with Crippen LogP contribution in [0.5, 0.6) is 0 Å². The maximum Gasteiger partial charge on any atom is 0.103 e. The van der Waals surface area contributed by atoms with Gasteiger partial charge in [0.05, 0.1) is 6.10 Å². The van der Waals surface area contributed by atoms with Crippen LogP contribution < -0.4 is 5.32 Å². The highest BCUT2D eigenvalue weighted by molar-refractivity contribution is 5.36. The first-order chi connectivity index (χ1) is 8.67. The van der Waals surface area contributed by atoms with Gasteiger partial charge in [0.25, 0.3) is 0 Å². The average molecular weight is 245 g/mol. The molecule has 1 aromatic carbocycles.